The molecule has 4 aliphatic rings. The summed E-state index contributed by atoms with van der Waals surface area (Å²) in [5.74, 6) is -0.783. The number of nitrogens with one attached hydrogen (secondary N) is 2. The van der Waals surface area contributed by atoms with Crippen LogP contribution in [0.2, 0.25) is 5.02 Å². The summed E-state index contributed by atoms with van der Waals surface area (Å²) in [7, 11) is 0. The highest BCUT2D eigenvalue weighted by Gasteiger charge is 2.69. The summed E-state index contributed by atoms with van der Waals surface area (Å²) in [6, 6.07) is 6.18. The highest BCUT2D eigenvalue weighted by Crippen LogP contribution is 2.60. The number of rotatable bonds is 8. The van der Waals surface area contributed by atoms with E-state index in [1.165, 1.54) is 12.1 Å². The number of nitrogens with zero attached hydrogens (tertiary/aromatic N) is 1. The Morgan fingerprint density at radius 3 is 2.38 bits per heavy atom. The second-order valence-electron chi connectivity index (χ2n) is 8.28. The highest BCUT2D eigenvalue weighted by molar-refractivity contribution is 6.30. The second-order valence-corrected chi connectivity index (χ2v) is 8.69. The molecular formula is C20H21ClFN3O4. The Balaban J connectivity index is 1.13. The average molecular weight is 422 g/mol. The summed E-state index contributed by atoms with van der Waals surface area (Å²) < 4.78 is 24.2. The molecule has 0 heterocycles. The van der Waals surface area contributed by atoms with E-state index >= 15 is 0 Å². The lowest BCUT2D eigenvalue weighted by Gasteiger charge is -2.70. The van der Waals surface area contributed by atoms with Gasteiger partial charge in [-0.25, -0.2) is 4.39 Å². The molecular weight excluding hydrogens is 401 g/mol. The Bertz CT molecular complexity index is 861. The molecule has 2 bridgehead atoms. The number of halogens is 2. The van der Waals surface area contributed by atoms with Crippen LogP contribution >= 0.6 is 11.6 Å². The molecule has 2 N–H and O–H groups in total. The van der Waals surface area contributed by atoms with E-state index in [1.54, 1.807) is 0 Å². The highest BCUT2D eigenvalue weighted by atomic mass is 35.5. The monoisotopic (exact) mass is 421 g/mol. The molecule has 0 unspecified atom stereocenters. The van der Waals surface area contributed by atoms with Crippen LogP contribution in [0.5, 0.6) is 5.75 Å². The van der Waals surface area contributed by atoms with Gasteiger partial charge in [-0.2, -0.15) is 5.26 Å². The zero-order valence-electron chi connectivity index (χ0n) is 15.7. The van der Waals surface area contributed by atoms with E-state index in [9.17, 15) is 14.0 Å². The molecule has 7 nitrogen and oxygen atoms in total. The molecule has 1 aromatic rings. The Morgan fingerprint density at radius 1 is 1.17 bits per heavy atom. The van der Waals surface area contributed by atoms with Crippen molar-refractivity contribution in [3.63, 3.8) is 0 Å². The Hall–Kier alpha value is -2.37. The predicted molar refractivity (Wildman–Crippen MR) is 101 cm³/mol. The number of amides is 2. The molecule has 29 heavy (non-hydrogen) atoms. The van der Waals surface area contributed by atoms with E-state index in [0.29, 0.717) is 32.1 Å². The number of hydrogen-bond acceptors (Lipinski definition) is 5. The van der Waals surface area contributed by atoms with Crippen molar-refractivity contribution in [3.8, 4) is 11.8 Å². The molecule has 4 saturated carbocycles. The minimum Gasteiger partial charge on any atom is -0.484 e. The maximum Gasteiger partial charge on any atom is 0.258 e. The minimum absolute atomic E-state index is 0.00169. The number of carbonyl (C=O) groups excluding carboxylic acids is 2. The van der Waals surface area contributed by atoms with Crippen molar-refractivity contribution in [2.75, 3.05) is 13.2 Å². The zero-order chi connectivity index (χ0) is 20.6. The van der Waals surface area contributed by atoms with Crippen LogP contribution in [0.3, 0.4) is 0 Å². The second kappa shape index (κ2) is 7.47. The van der Waals surface area contributed by atoms with Crippen LogP contribution in [0.25, 0.3) is 0 Å². The largest absolute Gasteiger partial charge is 0.484 e. The lowest BCUT2D eigenvalue weighted by molar-refractivity contribution is -0.154. The van der Waals surface area contributed by atoms with E-state index < -0.39 is 5.82 Å². The number of ether oxygens (including phenoxy) is 2. The van der Waals surface area contributed by atoms with E-state index in [0.717, 1.165) is 6.07 Å². The zero-order valence-corrected chi connectivity index (χ0v) is 16.4. The third-order valence-electron chi connectivity index (χ3n) is 5.83. The van der Waals surface area contributed by atoms with Crippen molar-refractivity contribution < 1.29 is 23.5 Å². The summed E-state index contributed by atoms with van der Waals surface area (Å²) >= 11 is 5.61. The van der Waals surface area contributed by atoms with Crippen LogP contribution in [0.15, 0.2) is 18.2 Å². The first kappa shape index (κ1) is 19.9. The molecule has 0 saturated heterocycles. The third-order valence-corrected chi connectivity index (χ3v) is 6.13. The van der Waals surface area contributed by atoms with Gasteiger partial charge in [0.2, 0.25) is 5.91 Å². The minimum atomic E-state index is -0.604. The SMILES string of the molecule is N#C[C@H]1C[C@@H](OCC(=O)NC23CC(NC(=O)COc4ccc(Cl)c(F)c4)(C2)C3)C1. The third kappa shape index (κ3) is 4.16. The lowest BCUT2D eigenvalue weighted by Crippen LogP contribution is -2.84. The standard InChI is InChI=1S/C20H21ClFN3O4/c21-15-2-1-13(5-16(15)22)28-7-17(26)24-19-9-20(10-19,11-19)25-18(27)8-29-14-3-12(4-14)6-23/h1-2,5,12,14H,3-4,7-11H2,(H,24,26)(H,25,27)/t12-,14+,19?,20?. The van der Waals surface area contributed by atoms with Gasteiger partial charge in [0, 0.05) is 17.1 Å². The van der Waals surface area contributed by atoms with E-state index in [4.69, 9.17) is 26.3 Å². The lowest BCUT2D eigenvalue weighted by atomic mass is 9.44. The fourth-order valence-corrected chi connectivity index (χ4v) is 4.55. The first-order valence-electron chi connectivity index (χ1n) is 9.52. The molecule has 4 aliphatic carbocycles. The van der Waals surface area contributed by atoms with Gasteiger partial charge in [-0.05, 0) is 44.2 Å². The van der Waals surface area contributed by atoms with Gasteiger partial charge in [-0.3, -0.25) is 9.59 Å². The van der Waals surface area contributed by atoms with Crippen LogP contribution in [0, 0.1) is 23.1 Å². The van der Waals surface area contributed by atoms with Crippen molar-refractivity contribution in [3.05, 3.63) is 29.0 Å². The molecule has 1 aromatic carbocycles. The summed E-state index contributed by atoms with van der Waals surface area (Å²) in [6.07, 6.45) is 3.40. The fourth-order valence-electron chi connectivity index (χ4n) is 4.43. The van der Waals surface area contributed by atoms with Crippen molar-refractivity contribution in [2.24, 2.45) is 5.92 Å². The maximum absolute atomic E-state index is 13.4. The first-order valence-corrected chi connectivity index (χ1v) is 9.89. The molecule has 0 spiro atoms. The molecule has 154 valence electrons. The molecule has 0 aliphatic heterocycles. The van der Waals surface area contributed by atoms with Crippen LogP contribution in [0.1, 0.15) is 32.1 Å². The first-order chi connectivity index (χ1) is 13.8. The van der Waals surface area contributed by atoms with Gasteiger partial charge in [0.15, 0.2) is 6.61 Å². The predicted octanol–water partition coefficient (Wildman–Crippen LogP) is 2.08. The van der Waals surface area contributed by atoms with Crippen molar-refractivity contribution in [1.29, 1.82) is 5.26 Å². The molecule has 4 fully saturated rings. The van der Waals surface area contributed by atoms with Gasteiger partial charge in [-0.15, -0.1) is 0 Å². The van der Waals surface area contributed by atoms with Crippen LogP contribution in [-0.4, -0.2) is 42.2 Å². The van der Waals surface area contributed by atoms with Gasteiger partial charge in [0.05, 0.1) is 23.1 Å². The van der Waals surface area contributed by atoms with Crippen LogP contribution < -0.4 is 15.4 Å². The number of hydrogen-bond donors (Lipinski definition) is 2. The topological polar surface area (TPSA) is 100 Å². The van der Waals surface area contributed by atoms with Crippen molar-refractivity contribution >= 4 is 23.4 Å². The smallest absolute Gasteiger partial charge is 0.258 e. The van der Waals surface area contributed by atoms with Gasteiger partial charge >= 0.3 is 0 Å². The Morgan fingerprint density at radius 2 is 1.79 bits per heavy atom. The number of carbonyl (C=O) groups is 2. The molecule has 0 atom stereocenters. The number of nitriles is 1. The summed E-state index contributed by atoms with van der Waals surface area (Å²) in [6.45, 7) is -0.226. The van der Waals surface area contributed by atoms with Gasteiger partial charge < -0.3 is 20.1 Å². The van der Waals surface area contributed by atoms with Gasteiger partial charge in [0.25, 0.3) is 5.91 Å². The van der Waals surface area contributed by atoms with Crippen molar-refractivity contribution in [1.82, 2.24) is 10.6 Å². The molecule has 0 radical (unpaired) electrons. The molecule has 5 rings (SSSR count). The normalized spacial score (nSPS) is 31.3. The summed E-state index contributed by atoms with van der Waals surface area (Å²) in [5, 5.41) is 14.7. The molecule has 2 amide bonds. The van der Waals surface area contributed by atoms with E-state index in [1.807, 2.05) is 0 Å². The van der Waals surface area contributed by atoms with Gasteiger partial charge in [0.1, 0.15) is 18.2 Å². The summed E-state index contributed by atoms with van der Waals surface area (Å²) in [5.41, 5.74) is -0.559. The van der Waals surface area contributed by atoms with E-state index in [-0.39, 0.29) is 58.9 Å². The molecule has 0 aromatic heterocycles. The maximum atomic E-state index is 13.4. The molecule has 9 heteroatoms. The van der Waals surface area contributed by atoms with E-state index in [2.05, 4.69) is 16.7 Å². The Kier molecular flexibility index (Phi) is 5.13. The fraction of sp³-hybridized carbons (Fsp3) is 0.550. The van der Waals surface area contributed by atoms with Gasteiger partial charge in [-0.1, -0.05) is 11.6 Å². The Labute approximate surface area is 172 Å². The van der Waals surface area contributed by atoms with Crippen LogP contribution in [-0.2, 0) is 14.3 Å². The van der Waals surface area contributed by atoms with Crippen molar-refractivity contribution in [2.45, 2.75) is 49.3 Å². The quantitative estimate of drug-likeness (QED) is 0.669. The van der Waals surface area contributed by atoms with Crippen LogP contribution in [0.4, 0.5) is 4.39 Å². The number of benzene rings is 1. The average Bonchev–Trinajstić information content (AvgIpc) is 2.58. The summed E-state index contributed by atoms with van der Waals surface area (Å²) in [4.78, 5) is 24.2.